The van der Waals surface area contributed by atoms with Crippen LogP contribution in [0.4, 0.5) is 10.5 Å². The van der Waals surface area contributed by atoms with Crippen LogP contribution in [-0.4, -0.2) is 35.1 Å². The van der Waals surface area contributed by atoms with Crippen molar-refractivity contribution >= 4 is 11.8 Å². The smallest absolute Gasteiger partial charge is 0.414 e. The van der Waals surface area contributed by atoms with E-state index in [1.54, 1.807) is 4.90 Å². The van der Waals surface area contributed by atoms with Crippen molar-refractivity contribution in [3.05, 3.63) is 36.0 Å². The van der Waals surface area contributed by atoms with Gasteiger partial charge in [0.25, 0.3) is 0 Å². The Hall–Kier alpha value is -2.34. The summed E-state index contributed by atoms with van der Waals surface area (Å²) in [6, 6.07) is 9.75. The number of benzene rings is 1. The van der Waals surface area contributed by atoms with Crippen LogP contribution in [0.2, 0.25) is 0 Å². The maximum Gasteiger partial charge on any atom is 0.414 e. The summed E-state index contributed by atoms with van der Waals surface area (Å²) in [6.07, 6.45) is -0.567. The summed E-state index contributed by atoms with van der Waals surface area (Å²) in [5.74, 6) is 0. The molecule has 2 N–H and O–H groups in total. The maximum atomic E-state index is 11.8. The van der Waals surface area contributed by atoms with E-state index in [0.29, 0.717) is 13.1 Å². The van der Waals surface area contributed by atoms with Gasteiger partial charge in [0.15, 0.2) is 0 Å². The molecule has 21 heavy (non-hydrogen) atoms. The summed E-state index contributed by atoms with van der Waals surface area (Å²) in [5, 5.41) is 4.44. The van der Waals surface area contributed by atoms with Crippen LogP contribution in [-0.2, 0) is 11.8 Å². The number of anilines is 1. The molecule has 1 aliphatic rings. The number of rotatable bonds is 3. The number of nitrogens with zero attached hydrogens (tertiary/aromatic N) is 3. The zero-order chi connectivity index (χ0) is 15.0. The fourth-order valence-corrected chi connectivity index (χ4v) is 2.37. The molecule has 2 heterocycles. The lowest BCUT2D eigenvalue weighted by atomic mass is 10.1. The number of cyclic esters (lactones) is 1. The number of amides is 1. The Morgan fingerprint density at radius 2 is 2.10 bits per heavy atom. The number of ether oxygens (including phenoxy) is 1. The molecule has 1 unspecified atom stereocenters. The molecule has 0 saturated carbocycles. The van der Waals surface area contributed by atoms with Gasteiger partial charge in [-0.15, -0.1) is 0 Å². The van der Waals surface area contributed by atoms with Crippen molar-refractivity contribution in [3.63, 3.8) is 0 Å². The molecule has 1 fully saturated rings. The molecule has 1 aromatic carbocycles. The summed E-state index contributed by atoms with van der Waals surface area (Å²) in [7, 11) is 1.92. The fourth-order valence-electron chi connectivity index (χ4n) is 2.37. The Kier molecular flexibility index (Phi) is 3.39. The van der Waals surface area contributed by atoms with E-state index in [0.717, 1.165) is 22.6 Å². The van der Waals surface area contributed by atoms with Crippen molar-refractivity contribution < 1.29 is 9.53 Å². The Labute approximate surface area is 123 Å². The van der Waals surface area contributed by atoms with E-state index in [1.165, 1.54) is 0 Å². The standard InChI is InChI=1S/C15H18N4O2/c1-10-7-14(17-18(10)2)11-3-5-12(6-4-11)19-9-13(8-16)21-15(19)20/h3-7,13H,8-9,16H2,1-2H3. The normalized spacial score (nSPS) is 18.1. The summed E-state index contributed by atoms with van der Waals surface area (Å²) >= 11 is 0. The molecule has 1 atom stereocenters. The Bertz CT molecular complexity index is 643. The first-order valence-corrected chi connectivity index (χ1v) is 6.88. The topological polar surface area (TPSA) is 73.4 Å². The van der Waals surface area contributed by atoms with Gasteiger partial charge in [-0.05, 0) is 25.1 Å². The van der Waals surface area contributed by atoms with Crippen LogP contribution in [0.25, 0.3) is 11.3 Å². The average Bonchev–Trinajstić information content (AvgIpc) is 3.02. The number of nitrogens with two attached hydrogens (primary N) is 1. The minimum Gasteiger partial charge on any atom is -0.443 e. The lowest BCUT2D eigenvalue weighted by Gasteiger charge is -2.13. The molecule has 0 radical (unpaired) electrons. The van der Waals surface area contributed by atoms with Crippen molar-refractivity contribution in [1.29, 1.82) is 0 Å². The van der Waals surface area contributed by atoms with Crippen LogP contribution in [0, 0.1) is 6.92 Å². The first kappa shape index (κ1) is 13.6. The second-order valence-electron chi connectivity index (χ2n) is 5.19. The summed E-state index contributed by atoms with van der Waals surface area (Å²) < 4.78 is 7.00. The highest BCUT2D eigenvalue weighted by atomic mass is 16.6. The molecule has 0 bridgehead atoms. The second kappa shape index (κ2) is 5.21. The predicted octanol–water partition coefficient (Wildman–Crippen LogP) is 1.68. The number of carbonyl (C=O) groups is 1. The monoisotopic (exact) mass is 286 g/mol. The van der Waals surface area contributed by atoms with Crippen molar-refractivity contribution in [3.8, 4) is 11.3 Å². The van der Waals surface area contributed by atoms with Gasteiger partial charge in [-0.3, -0.25) is 9.58 Å². The molecule has 6 nitrogen and oxygen atoms in total. The van der Waals surface area contributed by atoms with Crippen molar-refractivity contribution in [2.75, 3.05) is 18.0 Å². The SMILES string of the molecule is Cc1cc(-c2ccc(N3CC(CN)OC3=O)cc2)nn1C. The van der Waals surface area contributed by atoms with Crippen LogP contribution >= 0.6 is 0 Å². The fraction of sp³-hybridized carbons (Fsp3) is 0.333. The van der Waals surface area contributed by atoms with E-state index in [-0.39, 0.29) is 12.2 Å². The van der Waals surface area contributed by atoms with Crippen molar-refractivity contribution in [2.45, 2.75) is 13.0 Å². The quantitative estimate of drug-likeness (QED) is 0.931. The zero-order valence-corrected chi connectivity index (χ0v) is 12.1. The minimum atomic E-state index is -0.341. The molecule has 110 valence electrons. The zero-order valence-electron chi connectivity index (χ0n) is 12.1. The third-order valence-electron chi connectivity index (χ3n) is 3.73. The van der Waals surface area contributed by atoms with Crippen LogP contribution in [0.1, 0.15) is 5.69 Å². The molecule has 3 rings (SSSR count). The molecule has 0 aliphatic carbocycles. The largest absolute Gasteiger partial charge is 0.443 e. The van der Waals surface area contributed by atoms with E-state index in [9.17, 15) is 4.79 Å². The van der Waals surface area contributed by atoms with Crippen molar-refractivity contribution in [1.82, 2.24) is 9.78 Å². The number of aromatic nitrogens is 2. The minimum absolute atomic E-state index is 0.226. The van der Waals surface area contributed by atoms with E-state index < -0.39 is 0 Å². The number of hydrogen-bond donors (Lipinski definition) is 1. The van der Waals surface area contributed by atoms with Crippen LogP contribution in [0.5, 0.6) is 0 Å². The molecule has 1 amide bonds. The second-order valence-corrected chi connectivity index (χ2v) is 5.19. The third-order valence-corrected chi connectivity index (χ3v) is 3.73. The lowest BCUT2D eigenvalue weighted by molar-refractivity contribution is 0.145. The lowest BCUT2D eigenvalue weighted by Crippen LogP contribution is -2.27. The summed E-state index contributed by atoms with van der Waals surface area (Å²) in [5.41, 5.74) is 9.39. The first-order valence-electron chi connectivity index (χ1n) is 6.88. The van der Waals surface area contributed by atoms with E-state index in [1.807, 2.05) is 49.0 Å². The number of aryl methyl sites for hydroxylation is 2. The number of carbonyl (C=O) groups excluding carboxylic acids is 1. The maximum absolute atomic E-state index is 11.8. The van der Waals surface area contributed by atoms with Crippen LogP contribution in [0.15, 0.2) is 30.3 Å². The molecule has 1 aliphatic heterocycles. The first-order chi connectivity index (χ1) is 10.1. The highest BCUT2D eigenvalue weighted by Crippen LogP contribution is 2.25. The van der Waals surface area contributed by atoms with Gasteiger partial charge in [0.2, 0.25) is 0 Å². The van der Waals surface area contributed by atoms with Gasteiger partial charge in [-0.2, -0.15) is 5.10 Å². The Morgan fingerprint density at radius 1 is 1.38 bits per heavy atom. The molecular formula is C15H18N4O2. The van der Waals surface area contributed by atoms with E-state index in [4.69, 9.17) is 10.5 Å². The average molecular weight is 286 g/mol. The van der Waals surface area contributed by atoms with Gasteiger partial charge in [0.1, 0.15) is 6.10 Å². The molecule has 2 aromatic rings. The molecular weight excluding hydrogens is 268 g/mol. The molecule has 1 saturated heterocycles. The summed E-state index contributed by atoms with van der Waals surface area (Å²) in [4.78, 5) is 13.4. The molecule has 1 aromatic heterocycles. The third kappa shape index (κ3) is 2.50. The van der Waals surface area contributed by atoms with Gasteiger partial charge >= 0.3 is 6.09 Å². The Balaban J connectivity index is 1.83. The van der Waals surface area contributed by atoms with E-state index >= 15 is 0 Å². The number of hydrogen-bond acceptors (Lipinski definition) is 4. The van der Waals surface area contributed by atoms with E-state index in [2.05, 4.69) is 5.10 Å². The van der Waals surface area contributed by atoms with Crippen LogP contribution < -0.4 is 10.6 Å². The molecule has 6 heteroatoms. The van der Waals surface area contributed by atoms with Gasteiger partial charge in [-0.1, -0.05) is 12.1 Å². The van der Waals surface area contributed by atoms with Gasteiger partial charge < -0.3 is 10.5 Å². The van der Waals surface area contributed by atoms with Crippen LogP contribution in [0.3, 0.4) is 0 Å². The van der Waals surface area contributed by atoms with Gasteiger partial charge in [0.05, 0.1) is 12.2 Å². The molecule has 0 spiro atoms. The Morgan fingerprint density at radius 3 is 2.62 bits per heavy atom. The van der Waals surface area contributed by atoms with Crippen molar-refractivity contribution in [2.24, 2.45) is 12.8 Å². The summed E-state index contributed by atoms with van der Waals surface area (Å²) in [6.45, 7) is 2.85. The highest BCUT2D eigenvalue weighted by Gasteiger charge is 2.31. The van der Waals surface area contributed by atoms with Gasteiger partial charge in [-0.25, -0.2) is 4.79 Å². The van der Waals surface area contributed by atoms with Gasteiger partial charge in [0, 0.05) is 30.5 Å². The predicted molar refractivity (Wildman–Crippen MR) is 80.1 cm³/mol. The highest BCUT2D eigenvalue weighted by molar-refractivity contribution is 5.90.